The Morgan fingerprint density at radius 2 is 2.29 bits per heavy atom. The fourth-order valence-electron chi connectivity index (χ4n) is 2.35. The summed E-state index contributed by atoms with van der Waals surface area (Å²) in [5.41, 5.74) is 2.78. The number of nitrogens with one attached hydrogen (secondary N) is 1. The predicted octanol–water partition coefficient (Wildman–Crippen LogP) is 2.26. The molecular formula is C12H12ClN3O. The topological polar surface area (TPSA) is 61.8 Å². The van der Waals surface area contributed by atoms with Crippen molar-refractivity contribution < 1.29 is 5.11 Å². The van der Waals surface area contributed by atoms with Gasteiger partial charge in [-0.25, -0.2) is 9.97 Å². The number of H-pyrrole nitrogens is 1. The van der Waals surface area contributed by atoms with Gasteiger partial charge in [-0.1, -0.05) is 23.8 Å². The van der Waals surface area contributed by atoms with Gasteiger partial charge in [0, 0.05) is 30.2 Å². The highest BCUT2D eigenvalue weighted by atomic mass is 35.5. The van der Waals surface area contributed by atoms with Crippen LogP contribution in [0.3, 0.4) is 0 Å². The van der Waals surface area contributed by atoms with Crippen LogP contribution >= 0.6 is 11.6 Å². The molecule has 17 heavy (non-hydrogen) atoms. The number of aromatic amines is 1. The number of halogens is 1. The van der Waals surface area contributed by atoms with Gasteiger partial charge in [0.1, 0.15) is 11.8 Å². The number of nitrogens with zero attached hydrogens (tertiary/aromatic N) is 2. The van der Waals surface area contributed by atoms with Crippen LogP contribution in [0.5, 0.6) is 0 Å². The van der Waals surface area contributed by atoms with Gasteiger partial charge in [0.25, 0.3) is 0 Å². The maximum absolute atomic E-state index is 9.13. The first-order chi connectivity index (χ1) is 8.29. The number of hydrogen-bond acceptors (Lipinski definition) is 3. The number of aliphatic hydroxyl groups excluding tert-OH is 1. The number of aliphatic hydroxyl groups is 1. The molecule has 0 spiro atoms. The van der Waals surface area contributed by atoms with E-state index in [2.05, 4.69) is 27.1 Å². The van der Waals surface area contributed by atoms with Gasteiger partial charge >= 0.3 is 0 Å². The molecule has 2 atom stereocenters. The van der Waals surface area contributed by atoms with Crippen molar-refractivity contribution in [3.63, 3.8) is 0 Å². The Kier molecular flexibility index (Phi) is 2.61. The molecule has 4 nitrogen and oxygen atoms in total. The molecule has 0 aliphatic heterocycles. The zero-order valence-electron chi connectivity index (χ0n) is 9.10. The largest absolute Gasteiger partial charge is 0.396 e. The molecule has 2 heterocycles. The van der Waals surface area contributed by atoms with Crippen LogP contribution in [0.4, 0.5) is 0 Å². The molecule has 88 valence electrons. The summed E-state index contributed by atoms with van der Waals surface area (Å²) in [6.07, 6.45) is 8.51. The second-order valence-corrected chi connectivity index (χ2v) is 4.66. The molecule has 0 radical (unpaired) electrons. The average molecular weight is 250 g/mol. The third kappa shape index (κ3) is 1.73. The van der Waals surface area contributed by atoms with Gasteiger partial charge in [0.2, 0.25) is 0 Å². The van der Waals surface area contributed by atoms with Gasteiger partial charge in [-0.3, -0.25) is 0 Å². The number of fused-ring (bicyclic) bond motifs is 1. The molecule has 0 amide bonds. The van der Waals surface area contributed by atoms with E-state index < -0.39 is 0 Å². The van der Waals surface area contributed by atoms with E-state index in [-0.39, 0.29) is 12.5 Å². The Bertz CT molecular complexity index is 578. The Morgan fingerprint density at radius 1 is 1.41 bits per heavy atom. The molecule has 3 rings (SSSR count). The zero-order valence-corrected chi connectivity index (χ0v) is 9.85. The molecule has 0 unspecified atom stereocenters. The minimum atomic E-state index is 0.199. The summed E-state index contributed by atoms with van der Waals surface area (Å²) >= 11 is 5.99. The van der Waals surface area contributed by atoms with Crippen molar-refractivity contribution in [2.75, 3.05) is 6.61 Å². The van der Waals surface area contributed by atoms with Crippen LogP contribution in [0.1, 0.15) is 17.9 Å². The molecule has 1 aliphatic carbocycles. The monoisotopic (exact) mass is 249 g/mol. The summed E-state index contributed by atoms with van der Waals surface area (Å²) in [7, 11) is 0. The van der Waals surface area contributed by atoms with E-state index in [1.807, 2.05) is 6.20 Å². The maximum Gasteiger partial charge on any atom is 0.156 e. The van der Waals surface area contributed by atoms with Crippen molar-refractivity contribution in [1.82, 2.24) is 15.0 Å². The van der Waals surface area contributed by atoms with Crippen molar-refractivity contribution in [2.45, 2.75) is 12.3 Å². The van der Waals surface area contributed by atoms with Crippen LogP contribution in [0.25, 0.3) is 11.0 Å². The molecule has 1 aliphatic rings. The lowest BCUT2D eigenvalue weighted by Gasteiger charge is -2.08. The van der Waals surface area contributed by atoms with Crippen LogP contribution in [-0.4, -0.2) is 26.7 Å². The van der Waals surface area contributed by atoms with Gasteiger partial charge in [-0.15, -0.1) is 0 Å². The van der Waals surface area contributed by atoms with Gasteiger partial charge in [0.15, 0.2) is 5.15 Å². The molecule has 0 fully saturated rings. The summed E-state index contributed by atoms with van der Waals surface area (Å²) in [5, 5.41) is 9.58. The van der Waals surface area contributed by atoms with E-state index in [1.54, 1.807) is 0 Å². The zero-order chi connectivity index (χ0) is 11.8. The molecule has 0 saturated carbocycles. The first-order valence-corrected chi connectivity index (χ1v) is 5.94. The standard InChI is InChI=1S/C12H12ClN3O/c13-12-11-10(15-6-16-12)9(4-14-11)8-2-1-7(3-8)5-17/h1-2,4,6-8,14,17H,3,5H2/t7-,8-/m1/s1. The highest BCUT2D eigenvalue weighted by Crippen LogP contribution is 2.35. The summed E-state index contributed by atoms with van der Waals surface area (Å²) in [6, 6.07) is 0. The molecular weight excluding hydrogens is 238 g/mol. The molecule has 0 bridgehead atoms. The highest BCUT2D eigenvalue weighted by Gasteiger charge is 2.23. The first kappa shape index (κ1) is 10.7. The van der Waals surface area contributed by atoms with Crippen molar-refractivity contribution >= 4 is 22.6 Å². The van der Waals surface area contributed by atoms with Crippen LogP contribution < -0.4 is 0 Å². The van der Waals surface area contributed by atoms with Crippen LogP contribution in [-0.2, 0) is 0 Å². The van der Waals surface area contributed by atoms with E-state index in [0.717, 1.165) is 23.0 Å². The molecule has 2 aromatic heterocycles. The van der Waals surface area contributed by atoms with Crippen molar-refractivity contribution in [1.29, 1.82) is 0 Å². The first-order valence-electron chi connectivity index (χ1n) is 5.56. The predicted molar refractivity (Wildman–Crippen MR) is 66.0 cm³/mol. The third-order valence-electron chi connectivity index (χ3n) is 3.25. The van der Waals surface area contributed by atoms with E-state index in [9.17, 15) is 0 Å². The lowest BCUT2D eigenvalue weighted by Crippen LogP contribution is -2.01. The Hall–Kier alpha value is -1.39. The molecule has 5 heteroatoms. The summed E-state index contributed by atoms with van der Waals surface area (Å²) in [5.74, 6) is 0.550. The van der Waals surface area contributed by atoms with Crippen LogP contribution in [0.15, 0.2) is 24.7 Å². The molecule has 0 aromatic carbocycles. The highest BCUT2D eigenvalue weighted by molar-refractivity contribution is 6.33. The van der Waals surface area contributed by atoms with E-state index in [1.165, 1.54) is 6.33 Å². The van der Waals surface area contributed by atoms with Crippen LogP contribution in [0.2, 0.25) is 5.15 Å². The lowest BCUT2D eigenvalue weighted by molar-refractivity contribution is 0.249. The number of allylic oxidation sites excluding steroid dienone is 1. The normalized spacial score (nSPS) is 23.6. The summed E-state index contributed by atoms with van der Waals surface area (Å²) in [6.45, 7) is 0.199. The fourth-order valence-corrected chi connectivity index (χ4v) is 2.54. The van der Waals surface area contributed by atoms with Gasteiger partial charge < -0.3 is 10.1 Å². The van der Waals surface area contributed by atoms with Gasteiger partial charge in [-0.2, -0.15) is 0 Å². The SMILES string of the molecule is OC[C@@H]1C=C[C@@H](c2c[nH]c3c(Cl)ncnc23)C1. The Morgan fingerprint density at radius 3 is 3.06 bits per heavy atom. The second kappa shape index (κ2) is 4.13. The molecule has 2 N–H and O–H groups in total. The summed E-state index contributed by atoms with van der Waals surface area (Å²) in [4.78, 5) is 11.3. The summed E-state index contributed by atoms with van der Waals surface area (Å²) < 4.78 is 0. The second-order valence-electron chi connectivity index (χ2n) is 4.30. The quantitative estimate of drug-likeness (QED) is 0.634. The maximum atomic E-state index is 9.13. The van der Waals surface area contributed by atoms with Gasteiger partial charge in [-0.05, 0) is 6.42 Å². The number of aromatic nitrogens is 3. The number of hydrogen-bond donors (Lipinski definition) is 2. The van der Waals surface area contributed by atoms with Crippen molar-refractivity contribution in [3.05, 3.63) is 35.4 Å². The van der Waals surface area contributed by atoms with E-state index >= 15 is 0 Å². The van der Waals surface area contributed by atoms with Crippen molar-refractivity contribution in [2.24, 2.45) is 5.92 Å². The average Bonchev–Trinajstić information content (AvgIpc) is 2.94. The van der Waals surface area contributed by atoms with Crippen LogP contribution in [0, 0.1) is 5.92 Å². The Labute approximate surface area is 103 Å². The third-order valence-corrected chi connectivity index (χ3v) is 3.54. The lowest BCUT2D eigenvalue weighted by atomic mass is 9.97. The van der Waals surface area contributed by atoms with Crippen molar-refractivity contribution in [3.8, 4) is 0 Å². The fraction of sp³-hybridized carbons (Fsp3) is 0.333. The minimum Gasteiger partial charge on any atom is -0.396 e. The Balaban J connectivity index is 2.02. The van der Waals surface area contributed by atoms with E-state index in [4.69, 9.17) is 16.7 Å². The molecule has 2 aromatic rings. The molecule has 0 saturated heterocycles. The van der Waals surface area contributed by atoms with E-state index in [0.29, 0.717) is 11.1 Å². The minimum absolute atomic E-state index is 0.199. The number of rotatable bonds is 2. The smallest absolute Gasteiger partial charge is 0.156 e. The van der Waals surface area contributed by atoms with Gasteiger partial charge in [0.05, 0.1) is 5.52 Å².